The minimum absolute atomic E-state index is 0.0714. The Balaban J connectivity index is 2.29. The highest BCUT2D eigenvalue weighted by Gasteiger charge is 2.12. The molecule has 118 valence electrons. The molecule has 4 nitrogen and oxygen atoms in total. The standard InChI is InChI=1S/C15H21F2NO3/c1-2-20-14(19)6-4-3-5-7-21-15-12(16)8-11(10-18)9-13(15)17/h8-9H,2-7,10,18H2,1H3. The molecule has 0 saturated carbocycles. The number of hydrogen-bond acceptors (Lipinski definition) is 4. The fourth-order valence-electron chi connectivity index (χ4n) is 1.82. The molecule has 2 N–H and O–H groups in total. The van der Waals surface area contributed by atoms with Gasteiger partial charge in [0.1, 0.15) is 0 Å². The summed E-state index contributed by atoms with van der Waals surface area (Å²) >= 11 is 0. The molecule has 1 aromatic rings. The molecule has 0 bridgehead atoms. The molecule has 1 aromatic carbocycles. The van der Waals surface area contributed by atoms with E-state index in [9.17, 15) is 13.6 Å². The second kappa shape index (κ2) is 9.28. The van der Waals surface area contributed by atoms with Crippen LogP contribution in [0, 0.1) is 11.6 Å². The Bertz CT molecular complexity index is 443. The number of nitrogens with two attached hydrogens (primary N) is 1. The zero-order valence-electron chi connectivity index (χ0n) is 12.2. The molecule has 0 radical (unpaired) electrons. The van der Waals surface area contributed by atoms with Crippen LogP contribution in [-0.2, 0) is 16.1 Å². The maximum Gasteiger partial charge on any atom is 0.305 e. The summed E-state index contributed by atoms with van der Waals surface area (Å²) < 4.78 is 37.1. The Hall–Kier alpha value is -1.69. The highest BCUT2D eigenvalue weighted by atomic mass is 19.1. The average molecular weight is 301 g/mol. The lowest BCUT2D eigenvalue weighted by atomic mass is 10.2. The summed E-state index contributed by atoms with van der Waals surface area (Å²) in [6.45, 7) is 2.39. The summed E-state index contributed by atoms with van der Waals surface area (Å²) in [5.74, 6) is -2.10. The van der Waals surface area contributed by atoms with Gasteiger partial charge in [-0.2, -0.15) is 0 Å². The van der Waals surface area contributed by atoms with Gasteiger partial charge in [0.25, 0.3) is 0 Å². The van der Waals surface area contributed by atoms with E-state index >= 15 is 0 Å². The molecule has 21 heavy (non-hydrogen) atoms. The normalized spacial score (nSPS) is 10.5. The molecule has 0 aliphatic carbocycles. The Kier molecular flexibility index (Phi) is 7.68. The van der Waals surface area contributed by atoms with Gasteiger partial charge < -0.3 is 15.2 Å². The van der Waals surface area contributed by atoms with E-state index in [1.807, 2.05) is 0 Å². The monoisotopic (exact) mass is 301 g/mol. The number of rotatable bonds is 9. The molecule has 0 heterocycles. The first-order valence-corrected chi connectivity index (χ1v) is 7.04. The summed E-state index contributed by atoms with van der Waals surface area (Å²) in [4.78, 5) is 11.1. The second-order valence-electron chi connectivity index (χ2n) is 4.56. The van der Waals surface area contributed by atoms with Crippen molar-refractivity contribution in [3.8, 4) is 5.75 Å². The number of halogens is 2. The molecular weight excluding hydrogens is 280 g/mol. The van der Waals surface area contributed by atoms with Gasteiger partial charge in [0.2, 0.25) is 0 Å². The van der Waals surface area contributed by atoms with Gasteiger partial charge in [-0.15, -0.1) is 0 Å². The SMILES string of the molecule is CCOC(=O)CCCCCOc1c(F)cc(CN)cc1F. The van der Waals surface area contributed by atoms with Crippen LogP contribution in [0.3, 0.4) is 0 Å². The van der Waals surface area contributed by atoms with Crippen molar-refractivity contribution < 1.29 is 23.0 Å². The van der Waals surface area contributed by atoms with E-state index in [-0.39, 0.29) is 24.9 Å². The fourth-order valence-corrected chi connectivity index (χ4v) is 1.82. The summed E-state index contributed by atoms with van der Waals surface area (Å²) in [5.41, 5.74) is 5.71. The van der Waals surface area contributed by atoms with Gasteiger partial charge >= 0.3 is 5.97 Å². The quantitative estimate of drug-likeness (QED) is 0.563. The van der Waals surface area contributed by atoms with Crippen molar-refractivity contribution in [1.29, 1.82) is 0 Å². The van der Waals surface area contributed by atoms with Crippen LogP contribution in [0.25, 0.3) is 0 Å². The number of benzene rings is 1. The van der Waals surface area contributed by atoms with Gasteiger partial charge in [-0.25, -0.2) is 8.78 Å². The molecule has 0 fully saturated rings. The third kappa shape index (κ3) is 6.08. The van der Waals surface area contributed by atoms with E-state index in [1.165, 1.54) is 12.1 Å². The summed E-state index contributed by atoms with van der Waals surface area (Å²) in [5, 5.41) is 0. The Labute approximate surface area is 123 Å². The molecule has 0 aliphatic rings. The van der Waals surface area contributed by atoms with E-state index in [2.05, 4.69) is 0 Å². The molecule has 6 heteroatoms. The van der Waals surface area contributed by atoms with Crippen LogP contribution in [-0.4, -0.2) is 19.2 Å². The lowest BCUT2D eigenvalue weighted by molar-refractivity contribution is -0.143. The summed E-state index contributed by atoms with van der Waals surface area (Å²) in [7, 11) is 0. The van der Waals surface area contributed by atoms with Crippen LogP contribution < -0.4 is 10.5 Å². The molecule has 0 unspecified atom stereocenters. The smallest absolute Gasteiger partial charge is 0.305 e. The maximum absolute atomic E-state index is 13.6. The Morgan fingerprint density at radius 1 is 1.19 bits per heavy atom. The molecule has 0 atom stereocenters. The minimum atomic E-state index is -0.748. The summed E-state index contributed by atoms with van der Waals surface area (Å²) in [6.07, 6.45) is 2.35. The molecule has 0 spiro atoms. The van der Waals surface area contributed by atoms with Crippen molar-refractivity contribution in [3.05, 3.63) is 29.3 Å². The lowest BCUT2D eigenvalue weighted by Gasteiger charge is -2.09. The van der Waals surface area contributed by atoms with Crippen LogP contribution in [0.5, 0.6) is 5.75 Å². The van der Waals surface area contributed by atoms with Crippen molar-refractivity contribution in [1.82, 2.24) is 0 Å². The van der Waals surface area contributed by atoms with Crippen molar-refractivity contribution >= 4 is 5.97 Å². The minimum Gasteiger partial charge on any atom is -0.488 e. The van der Waals surface area contributed by atoms with E-state index in [0.717, 1.165) is 6.42 Å². The number of unbranched alkanes of at least 4 members (excludes halogenated alkanes) is 2. The van der Waals surface area contributed by atoms with E-state index in [4.69, 9.17) is 15.2 Å². The molecule has 0 saturated heterocycles. The predicted molar refractivity (Wildman–Crippen MR) is 74.8 cm³/mol. The van der Waals surface area contributed by atoms with Gasteiger partial charge in [0, 0.05) is 13.0 Å². The fraction of sp³-hybridized carbons (Fsp3) is 0.533. The number of esters is 1. The number of hydrogen-bond donors (Lipinski definition) is 1. The van der Waals surface area contributed by atoms with Crippen molar-refractivity contribution in [3.63, 3.8) is 0 Å². The molecule has 0 aliphatic heterocycles. The first-order chi connectivity index (χ1) is 10.1. The topological polar surface area (TPSA) is 61.5 Å². The average Bonchev–Trinajstić information content (AvgIpc) is 2.44. The van der Waals surface area contributed by atoms with Crippen LogP contribution in [0.1, 0.15) is 38.2 Å². The third-order valence-electron chi connectivity index (χ3n) is 2.87. The van der Waals surface area contributed by atoms with Crippen molar-refractivity contribution in [2.24, 2.45) is 5.73 Å². The number of ether oxygens (including phenoxy) is 2. The summed E-state index contributed by atoms with van der Waals surface area (Å²) in [6, 6.07) is 2.33. The zero-order chi connectivity index (χ0) is 15.7. The van der Waals surface area contributed by atoms with Gasteiger partial charge in [-0.05, 0) is 43.9 Å². The third-order valence-corrected chi connectivity index (χ3v) is 2.87. The van der Waals surface area contributed by atoms with E-state index < -0.39 is 11.6 Å². The largest absolute Gasteiger partial charge is 0.488 e. The maximum atomic E-state index is 13.6. The predicted octanol–water partition coefficient (Wildman–Crippen LogP) is 2.93. The van der Waals surface area contributed by atoms with Gasteiger partial charge in [-0.1, -0.05) is 0 Å². The Morgan fingerprint density at radius 3 is 2.43 bits per heavy atom. The first-order valence-electron chi connectivity index (χ1n) is 7.04. The molecule has 1 rings (SSSR count). The van der Waals surface area contributed by atoms with Crippen LogP contribution in [0.2, 0.25) is 0 Å². The first kappa shape index (κ1) is 17.4. The van der Waals surface area contributed by atoms with Gasteiger partial charge in [0.15, 0.2) is 17.4 Å². The lowest BCUT2D eigenvalue weighted by Crippen LogP contribution is -2.06. The van der Waals surface area contributed by atoms with E-state index in [1.54, 1.807) is 6.92 Å². The highest BCUT2D eigenvalue weighted by molar-refractivity contribution is 5.69. The molecule has 0 aromatic heterocycles. The second-order valence-corrected chi connectivity index (χ2v) is 4.56. The van der Waals surface area contributed by atoms with Crippen LogP contribution in [0.4, 0.5) is 8.78 Å². The van der Waals surface area contributed by atoms with Gasteiger partial charge in [0.05, 0.1) is 13.2 Å². The molecular formula is C15H21F2NO3. The van der Waals surface area contributed by atoms with Crippen LogP contribution in [0.15, 0.2) is 12.1 Å². The zero-order valence-corrected chi connectivity index (χ0v) is 12.2. The number of carbonyl (C=O) groups excluding carboxylic acids is 1. The van der Waals surface area contributed by atoms with Crippen molar-refractivity contribution in [2.45, 2.75) is 39.2 Å². The molecule has 0 amide bonds. The highest BCUT2D eigenvalue weighted by Crippen LogP contribution is 2.23. The number of carbonyl (C=O) groups is 1. The van der Waals surface area contributed by atoms with E-state index in [0.29, 0.717) is 31.4 Å². The van der Waals surface area contributed by atoms with Gasteiger partial charge in [-0.3, -0.25) is 4.79 Å². The van der Waals surface area contributed by atoms with Crippen molar-refractivity contribution in [2.75, 3.05) is 13.2 Å². The van der Waals surface area contributed by atoms with Crippen LogP contribution >= 0.6 is 0 Å². The Morgan fingerprint density at radius 2 is 1.86 bits per heavy atom.